The monoisotopic (exact) mass is 425 g/mol. The van der Waals surface area contributed by atoms with Crippen molar-refractivity contribution in [1.29, 1.82) is 0 Å². The maximum absolute atomic E-state index is 12.4. The predicted octanol–water partition coefficient (Wildman–Crippen LogP) is 3.55. The van der Waals surface area contributed by atoms with Crippen LogP contribution in [0.15, 0.2) is 24.3 Å². The van der Waals surface area contributed by atoms with E-state index in [0.717, 1.165) is 32.2 Å². The summed E-state index contributed by atoms with van der Waals surface area (Å²) >= 11 is 0. The molecule has 6 heteroatoms. The van der Waals surface area contributed by atoms with Crippen LogP contribution in [-0.4, -0.2) is 48.7 Å². The van der Waals surface area contributed by atoms with Gasteiger partial charge in [-0.2, -0.15) is 0 Å². The Kier molecular flexibility index (Phi) is 5.08. The van der Waals surface area contributed by atoms with Gasteiger partial charge in [-0.05, 0) is 57.0 Å². The summed E-state index contributed by atoms with van der Waals surface area (Å²) in [6.45, 7) is 4.89. The van der Waals surface area contributed by atoms with Crippen LogP contribution in [0.1, 0.15) is 57.1 Å². The van der Waals surface area contributed by atoms with Gasteiger partial charge in [0.25, 0.3) is 0 Å². The number of carbonyl (C=O) groups is 2. The third-order valence-corrected chi connectivity index (χ3v) is 7.51. The molecule has 4 aliphatic rings. The van der Waals surface area contributed by atoms with Crippen LogP contribution in [0.4, 0.5) is 0 Å². The van der Waals surface area contributed by atoms with E-state index >= 15 is 0 Å². The van der Waals surface area contributed by atoms with Gasteiger partial charge in [0.1, 0.15) is 6.10 Å². The highest BCUT2D eigenvalue weighted by Crippen LogP contribution is 2.62. The van der Waals surface area contributed by atoms with Gasteiger partial charge in [0.05, 0.1) is 0 Å². The number of hydrogen-bond donors (Lipinski definition) is 0. The lowest BCUT2D eigenvalue weighted by Gasteiger charge is -2.56. The van der Waals surface area contributed by atoms with Crippen LogP contribution in [0.3, 0.4) is 0 Å². The van der Waals surface area contributed by atoms with Gasteiger partial charge >= 0.3 is 11.9 Å². The van der Waals surface area contributed by atoms with Gasteiger partial charge in [-0.25, -0.2) is 0 Å². The zero-order valence-electron chi connectivity index (χ0n) is 18.6. The van der Waals surface area contributed by atoms with Crippen molar-refractivity contribution in [1.82, 2.24) is 4.90 Å². The average molecular weight is 426 g/mol. The van der Waals surface area contributed by atoms with E-state index in [-0.39, 0.29) is 29.4 Å². The fraction of sp³-hybridized carbons (Fsp3) is 0.600. The van der Waals surface area contributed by atoms with Gasteiger partial charge in [0, 0.05) is 35.8 Å². The van der Waals surface area contributed by atoms with Crippen molar-refractivity contribution in [3.8, 4) is 11.5 Å². The van der Waals surface area contributed by atoms with E-state index in [4.69, 9.17) is 14.2 Å². The summed E-state index contributed by atoms with van der Waals surface area (Å²) in [4.78, 5) is 27.1. The van der Waals surface area contributed by atoms with Gasteiger partial charge in [-0.3, -0.25) is 9.59 Å². The Hall–Kier alpha value is -2.34. The third kappa shape index (κ3) is 3.02. The van der Waals surface area contributed by atoms with Crippen molar-refractivity contribution < 1.29 is 23.8 Å². The molecule has 5 rings (SSSR count). The number of likely N-dealkylation sites (N-methyl/N-ethyl adjacent to an activating group) is 1. The van der Waals surface area contributed by atoms with Crippen LogP contribution in [-0.2, 0) is 26.2 Å². The predicted molar refractivity (Wildman–Crippen MR) is 115 cm³/mol. The van der Waals surface area contributed by atoms with Crippen molar-refractivity contribution in [3.05, 3.63) is 35.4 Å². The Morgan fingerprint density at radius 2 is 1.94 bits per heavy atom. The van der Waals surface area contributed by atoms with E-state index in [1.54, 1.807) is 0 Å². The van der Waals surface area contributed by atoms with E-state index in [2.05, 4.69) is 24.1 Å². The summed E-state index contributed by atoms with van der Waals surface area (Å²) in [5.41, 5.74) is 2.18. The van der Waals surface area contributed by atoms with Crippen LogP contribution in [0, 0.1) is 5.92 Å². The molecule has 1 spiro atoms. The first kappa shape index (κ1) is 20.6. The van der Waals surface area contributed by atoms with Gasteiger partial charge in [-0.1, -0.05) is 26.0 Å². The van der Waals surface area contributed by atoms with Crippen molar-refractivity contribution in [2.45, 2.75) is 76.0 Å². The molecule has 0 saturated carbocycles. The summed E-state index contributed by atoms with van der Waals surface area (Å²) < 4.78 is 18.2. The third-order valence-electron chi connectivity index (χ3n) is 7.51. The first-order valence-corrected chi connectivity index (χ1v) is 11.6. The number of carbonyl (C=O) groups excluding carboxylic acids is 2. The Balaban J connectivity index is 1.59. The van der Waals surface area contributed by atoms with Crippen LogP contribution in [0.2, 0.25) is 0 Å². The van der Waals surface area contributed by atoms with Gasteiger partial charge in [0.15, 0.2) is 17.6 Å². The van der Waals surface area contributed by atoms with Gasteiger partial charge in [-0.15, -0.1) is 0 Å². The van der Waals surface area contributed by atoms with Crippen LogP contribution < -0.4 is 9.47 Å². The molecule has 1 saturated heterocycles. The summed E-state index contributed by atoms with van der Waals surface area (Å²) in [5, 5.41) is 0. The van der Waals surface area contributed by atoms with Crippen LogP contribution in [0.25, 0.3) is 0 Å². The SMILES string of the molecule is CCCC(=O)Oc1ccc2c3c1OC1C(OC(=O)CCC)C=CC4C(C2)N(C)CCC341. The molecular formula is C25H31NO5. The van der Waals surface area contributed by atoms with Crippen LogP contribution in [0.5, 0.6) is 11.5 Å². The lowest BCUT2D eigenvalue weighted by Crippen LogP contribution is -2.65. The topological polar surface area (TPSA) is 65.1 Å². The molecule has 2 heterocycles. The van der Waals surface area contributed by atoms with Gasteiger partial charge in [0.2, 0.25) is 0 Å². The van der Waals surface area contributed by atoms with Crippen molar-refractivity contribution in [2.24, 2.45) is 5.92 Å². The maximum atomic E-state index is 12.4. The van der Waals surface area contributed by atoms with Crippen molar-refractivity contribution in [2.75, 3.05) is 13.6 Å². The number of piperidine rings is 1. The van der Waals surface area contributed by atoms with Gasteiger partial charge < -0.3 is 19.1 Å². The van der Waals surface area contributed by atoms with E-state index in [9.17, 15) is 9.59 Å². The molecular weight excluding hydrogens is 394 g/mol. The van der Waals surface area contributed by atoms with Crippen molar-refractivity contribution in [3.63, 3.8) is 0 Å². The molecule has 6 nitrogen and oxygen atoms in total. The Labute approximate surface area is 183 Å². The number of benzene rings is 1. The van der Waals surface area contributed by atoms with Crippen LogP contribution >= 0.6 is 0 Å². The molecule has 166 valence electrons. The largest absolute Gasteiger partial charge is 0.481 e. The number of rotatable bonds is 6. The minimum Gasteiger partial charge on any atom is -0.481 e. The second-order valence-electron chi connectivity index (χ2n) is 9.35. The molecule has 31 heavy (non-hydrogen) atoms. The fourth-order valence-corrected chi connectivity index (χ4v) is 6.18. The number of hydrogen-bond acceptors (Lipinski definition) is 6. The van der Waals surface area contributed by atoms with E-state index in [1.165, 1.54) is 11.1 Å². The molecule has 5 atom stereocenters. The minimum atomic E-state index is -0.433. The highest BCUT2D eigenvalue weighted by atomic mass is 16.6. The fourth-order valence-electron chi connectivity index (χ4n) is 6.18. The van der Waals surface area contributed by atoms with E-state index in [0.29, 0.717) is 30.4 Å². The zero-order valence-corrected chi connectivity index (χ0v) is 18.6. The first-order chi connectivity index (χ1) is 15.0. The molecule has 1 aromatic rings. The molecule has 0 radical (unpaired) electrons. The smallest absolute Gasteiger partial charge is 0.311 e. The molecule has 5 unspecified atom stereocenters. The molecule has 1 aromatic carbocycles. The Morgan fingerprint density at radius 3 is 2.71 bits per heavy atom. The molecule has 0 amide bonds. The standard InChI is InChI=1S/C25H31NO5/c1-4-6-20(27)29-18-10-8-15-14-17-16-9-11-19(30-21(28)7-5-2)24-25(16,12-13-26(17)3)22(15)23(18)31-24/h8-11,16-17,19,24H,4-7,12-14H2,1-3H3. The lowest BCUT2D eigenvalue weighted by molar-refractivity contribution is -0.155. The summed E-state index contributed by atoms with van der Waals surface area (Å²) in [7, 11) is 2.19. The highest BCUT2D eigenvalue weighted by Gasteiger charge is 2.65. The first-order valence-electron chi connectivity index (χ1n) is 11.6. The second kappa shape index (κ2) is 7.66. The Bertz CT molecular complexity index is 940. The number of nitrogens with zero attached hydrogens (tertiary/aromatic N) is 1. The molecule has 0 aromatic heterocycles. The zero-order chi connectivity index (χ0) is 21.8. The quantitative estimate of drug-likeness (QED) is 0.395. The molecule has 0 N–H and O–H groups in total. The number of likely N-dealkylation sites (tertiary alicyclic amines) is 1. The lowest BCUT2D eigenvalue weighted by atomic mass is 9.53. The molecule has 1 fully saturated rings. The molecule has 2 bridgehead atoms. The Morgan fingerprint density at radius 1 is 1.16 bits per heavy atom. The molecule has 2 aliphatic carbocycles. The molecule has 2 aliphatic heterocycles. The highest BCUT2D eigenvalue weighted by molar-refractivity contribution is 5.75. The van der Waals surface area contributed by atoms with E-state index < -0.39 is 6.10 Å². The van der Waals surface area contributed by atoms with E-state index in [1.807, 2.05) is 26.0 Å². The summed E-state index contributed by atoms with van der Waals surface area (Å²) in [6.07, 6.45) is 7.67. The summed E-state index contributed by atoms with van der Waals surface area (Å²) in [6, 6.07) is 4.35. The second-order valence-corrected chi connectivity index (χ2v) is 9.35. The number of ether oxygens (including phenoxy) is 3. The number of esters is 2. The summed E-state index contributed by atoms with van der Waals surface area (Å²) in [5.74, 6) is 1.03. The van der Waals surface area contributed by atoms with Crippen molar-refractivity contribution >= 4 is 11.9 Å². The normalized spacial score (nSPS) is 32.2. The maximum Gasteiger partial charge on any atom is 0.311 e. The minimum absolute atomic E-state index is 0.193. The average Bonchev–Trinajstić information content (AvgIpc) is 3.09.